The number of ether oxygens (including phenoxy) is 2. The number of benzene rings is 1. The lowest BCUT2D eigenvalue weighted by Crippen LogP contribution is -2.38. The van der Waals surface area contributed by atoms with Crippen LogP contribution in [0.2, 0.25) is 0 Å². The molecule has 4 aromatic rings. The number of furan rings is 1. The molecule has 0 saturated heterocycles. The lowest BCUT2D eigenvalue weighted by molar-refractivity contribution is 0.0958. The second-order valence-corrected chi connectivity index (χ2v) is 7.66. The number of aryl methyl sites for hydroxylation is 3. The largest absolute Gasteiger partial charge is 0.504 e. The van der Waals surface area contributed by atoms with Gasteiger partial charge in [0.25, 0.3) is 0 Å². The zero-order chi connectivity index (χ0) is 23.9. The number of rotatable bonds is 6. The third-order valence-corrected chi connectivity index (χ3v) is 5.44. The van der Waals surface area contributed by atoms with Gasteiger partial charge >= 0.3 is 5.91 Å². The minimum atomic E-state index is -0.540. The molecule has 3 aromatic heterocycles. The Morgan fingerprint density at radius 2 is 1.91 bits per heavy atom. The van der Waals surface area contributed by atoms with Crippen molar-refractivity contribution in [3.8, 4) is 17.2 Å². The molecule has 0 aliphatic rings. The van der Waals surface area contributed by atoms with Crippen LogP contribution < -0.4 is 20.3 Å². The van der Waals surface area contributed by atoms with Gasteiger partial charge in [-0.2, -0.15) is 5.10 Å². The van der Waals surface area contributed by atoms with E-state index in [2.05, 4.69) is 10.1 Å². The van der Waals surface area contributed by atoms with E-state index < -0.39 is 5.91 Å². The first-order valence-corrected chi connectivity index (χ1v) is 10.2. The molecule has 10 nitrogen and oxygen atoms in total. The van der Waals surface area contributed by atoms with Gasteiger partial charge in [-0.25, -0.2) is 15.8 Å². The monoisotopic (exact) mass is 451 g/mol. The molecule has 1 amide bonds. The average molecular weight is 451 g/mol. The normalized spacial score (nSPS) is 11.1. The van der Waals surface area contributed by atoms with Gasteiger partial charge in [0.05, 0.1) is 19.9 Å². The topological polar surface area (TPSA) is 129 Å². The Morgan fingerprint density at radius 1 is 1.18 bits per heavy atom. The number of hydrogen-bond acceptors (Lipinski definition) is 8. The minimum Gasteiger partial charge on any atom is -0.504 e. The van der Waals surface area contributed by atoms with E-state index in [-0.39, 0.29) is 17.3 Å². The molecule has 0 saturated carbocycles. The van der Waals surface area contributed by atoms with Crippen LogP contribution in [0.3, 0.4) is 0 Å². The zero-order valence-corrected chi connectivity index (χ0v) is 19.0. The molecule has 10 heteroatoms. The summed E-state index contributed by atoms with van der Waals surface area (Å²) in [5, 5.41) is 16.2. The molecule has 0 fully saturated rings. The molecule has 0 aliphatic carbocycles. The number of nitrogens with two attached hydrogens (primary N) is 1. The van der Waals surface area contributed by atoms with Crippen LogP contribution in [0.5, 0.6) is 17.2 Å². The number of phenolic OH excluding ortho intramolecular Hbond substituents is 1. The lowest BCUT2D eigenvalue weighted by atomic mass is 10.1. The van der Waals surface area contributed by atoms with Crippen LogP contribution in [0, 0.1) is 13.8 Å². The van der Waals surface area contributed by atoms with E-state index in [4.69, 9.17) is 19.7 Å². The third-order valence-electron chi connectivity index (χ3n) is 5.44. The smallest absolute Gasteiger partial charge is 0.309 e. The fourth-order valence-corrected chi connectivity index (χ4v) is 3.85. The fourth-order valence-electron chi connectivity index (χ4n) is 3.85. The molecule has 0 spiro atoms. The fraction of sp³-hybridized carbons (Fsp3) is 0.261. The predicted molar refractivity (Wildman–Crippen MR) is 122 cm³/mol. The number of methoxy groups -OCH3 is 2. The number of hydrogen-bond donors (Lipinski definition) is 2. The first-order chi connectivity index (χ1) is 15.7. The number of aromatic nitrogens is 3. The van der Waals surface area contributed by atoms with Crippen molar-refractivity contribution < 1.29 is 23.8 Å². The number of amides is 1. The number of carbonyl (C=O) groups excluding carboxylic acids is 1. The van der Waals surface area contributed by atoms with Crippen molar-refractivity contribution in [1.29, 1.82) is 0 Å². The third kappa shape index (κ3) is 3.96. The summed E-state index contributed by atoms with van der Waals surface area (Å²) in [6, 6.07) is 8.11. The number of anilines is 1. The molecule has 1 aromatic carbocycles. The highest BCUT2D eigenvalue weighted by atomic mass is 16.5. The van der Waals surface area contributed by atoms with Crippen molar-refractivity contribution in [2.24, 2.45) is 12.9 Å². The Hall–Kier alpha value is -4.05. The Bertz CT molecular complexity index is 1360. The van der Waals surface area contributed by atoms with Gasteiger partial charge in [0.15, 0.2) is 28.7 Å². The number of hydrazine groups is 1. The van der Waals surface area contributed by atoms with Crippen molar-refractivity contribution in [1.82, 2.24) is 14.8 Å². The highest BCUT2D eigenvalue weighted by Gasteiger charge is 2.22. The molecular formula is C23H25N5O5. The summed E-state index contributed by atoms with van der Waals surface area (Å²) in [4.78, 5) is 17.5. The van der Waals surface area contributed by atoms with E-state index in [1.165, 1.54) is 20.3 Å². The molecule has 0 atom stereocenters. The molecule has 0 radical (unpaired) electrons. The molecule has 0 bridgehead atoms. The summed E-state index contributed by atoms with van der Waals surface area (Å²) in [7, 11) is 4.76. The van der Waals surface area contributed by atoms with Gasteiger partial charge in [-0.05, 0) is 43.7 Å². The maximum Gasteiger partial charge on any atom is 0.309 e. The second-order valence-electron chi connectivity index (χ2n) is 7.66. The van der Waals surface area contributed by atoms with E-state index in [0.29, 0.717) is 29.3 Å². The Morgan fingerprint density at radius 3 is 2.61 bits per heavy atom. The summed E-state index contributed by atoms with van der Waals surface area (Å²) < 4.78 is 17.9. The number of pyridine rings is 1. The van der Waals surface area contributed by atoms with Crippen molar-refractivity contribution in [3.05, 3.63) is 58.7 Å². The number of carbonyl (C=O) groups is 1. The summed E-state index contributed by atoms with van der Waals surface area (Å²) in [6.07, 6.45) is 0.315. The summed E-state index contributed by atoms with van der Waals surface area (Å²) in [6.45, 7) is 3.83. The van der Waals surface area contributed by atoms with Crippen molar-refractivity contribution in [2.45, 2.75) is 20.3 Å². The predicted octanol–water partition coefficient (Wildman–Crippen LogP) is 3.01. The van der Waals surface area contributed by atoms with Gasteiger partial charge < -0.3 is 19.0 Å². The quantitative estimate of drug-likeness (QED) is 0.260. The van der Waals surface area contributed by atoms with Crippen LogP contribution in [0.1, 0.15) is 33.1 Å². The minimum absolute atomic E-state index is 0.0319. The number of phenols is 1. The van der Waals surface area contributed by atoms with Gasteiger partial charge in [0.2, 0.25) is 0 Å². The Labute approximate surface area is 190 Å². The number of fused-ring (bicyclic) bond motifs is 1. The van der Waals surface area contributed by atoms with Gasteiger partial charge in [0, 0.05) is 30.5 Å². The highest BCUT2D eigenvalue weighted by Crippen LogP contribution is 2.35. The van der Waals surface area contributed by atoms with Crippen molar-refractivity contribution in [3.63, 3.8) is 0 Å². The van der Waals surface area contributed by atoms with Crippen LogP contribution >= 0.6 is 0 Å². The first-order valence-electron chi connectivity index (χ1n) is 10.2. The van der Waals surface area contributed by atoms with Gasteiger partial charge in [0.1, 0.15) is 11.5 Å². The summed E-state index contributed by atoms with van der Waals surface area (Å²) in [5.41, 5.74) is 3.13. The van der Waals surface area contributed by atoms with Crippen LogP contribution in [-0.4, -0.2) is 40.0 Å². The zero-order valence-electron chi connectivity index (χ0n) is 19.0. The standard InChI is InChI=1S/C23H25N5O5/c1-12-8-20(25-22-21(12)13(2)26-27(22)3)28(24)23(30)17-7-6-15(33-17)9-14-10-19(32-5)16(29)11-18(14)31-4/h6-8,10-11,29H,9,24H2,1-5H3. The highest BCUT2D eigenvalue weighted by molar-refractivity contribution is 6.03. The molecule has 3 heterocycles. The first kappa shape index (κ1) is 22.2. The van der Waals surface area contributed by atoms with Crippen LogP contribution in [0.25, 0.3) is 11.0 Å². The van der Waals surface area contributed by atoms with Gasteiger partial charge in [-0.1, -0.05) is 0 Å². The van der Waals surface area contributed by atoms with E-state index in [1.807, 2.05) is 13.8 Å². The molecule has 0 unspecified atom stereocenters. The average Bonchev–Trinajstić information content (AvgIpc) is 3.37. The van der Waals surface area contributed by atoms with Crippen LogP contribution in [0.15, 0.2) is 34.7 Å². The molecule has 0 aliphatic heterocycles. The molecule has 172 valence electrons. The number of nitrogens with zero attached hydrogens (tertiary/aromatic N) is 4. The van der Waals surface area contributed by atoms with E-state index in [9.17, 15) is 9.90 Å². The summed E-state index contributed by atoms with van der Waals surface area (Å²) in [5.74, 6) is 7.19. The van der Waals surface area contributed by atoms with Crippen LogP contribution in [-0.2, 0) is 13.5 Å². The molecular weight excluding hydrogens is 426 g/mol. The molecule has 3 N–H and O–H groups in total. The van der Waals surface area contributed by atoms with Gasteiger partial charge in [-0.15, -0.1) is 0 Å². The Balaban J connectivity index is 1.60. The lowest BCUT2D eigenvalue weighted by Gasteiger charge is -2.15. The summed E-state index contributed by atoms with van der Waals surface area (Å²) >= 11 is 0. The second kappa shape index (κ2) is 8.47. The van der Waals surface area contributed by atoms with Gasteiger partial charge in [-0.3, -0.25) is 9.48 Å². The van der Waals surface area contributed by atoms with Crippen LogP contribution in [0.4, 0.5) is 5.82 Å². The van der Waals surface area contributed by atoms with E-state index in [1.54, 1.807) is 36.0 Å². The van der Waals surface area contributed by atoms with Crippen molar-refractivity contribution in [2.75, 3.05) is 19.2 Å². The maximum atomic E-state index is 13.0. The molecule has 33 heavy (non-hydrogen) atoms. The SMILES string of the molecule is COc1cc(Cc2ccc(C(=O)N(N)c3cc(C)c4c(C)nn(C)c4n3)o2)c(OC)cc1O. The number of aromatic hydroxyl groups is 1. The van der Waals surface area contributed by atoms with Crippen molar-refractivity contribution >= 4 is 22.8 Å². The van der Waals surface area contributed by atoms with E-state index >= 15 is 0 Å². The van der Waals surface area contributed by atoms with E-state index in [0.717, 1.165) is 27.2 Å². The molecule has 4 rings (SSSR count). The Kier molecular flexibility index (Phi) is 5.69. The maximum absolute atomic E-state index is 13.0.